The molecule has 25 heavy (non-hydrogen) atoms. The molecule has 0 atom stereocenters. The first-order valence-corrected chi connectivity index (χ1v) is 8.76. The molecule has 0 fully saturated rings. The van der Waals surface area contributed by atoms with Crippen LogP contribution < -0.4 is 10.1 Å². The van der Waals surface area contributed by atoms with Gasteiger partial charge in [-0.05, 0) is 48.5 Å². The molecule has 9 heteroatoms. The van der Waals surface area contributed by atoms with Crippen molar-refractivity contribution in [3.05, 3.63) is 54.1 Å². The molecule has 0 aromatic heterocycles. The van der Waals surface area contributed by atoms with E-state index in [0.717, 1.165) is 12.1 Å². The molecule has 2 rings (SSSR count). The Balaban J connectivity index is 2.07. The topological polar surface area (TPSA) is 72.5 Å². The number of halogens is 3. The maximum Gasteiger partial charge on any atom is 0.573 e. The zero-order valence-electron chi connectivity index (χ0n) is 13.0. The average molecular weight is 373 g/mol. The Bertz CT molecular complexity index is 844. The van der Waals surface area contributed by atoms with Crippen molar-refractivity contribution in [3.63, 3.8) is 0 Å². The van der Waals surface area contributed by atoms with Crippen LogP contribution in [0.25, 0.3) is 0 Å². The fourth-order valence-electron chi connectivity index (χ4n) is 1.92. The molecule has 0 radical (unpaired) electrons. The van der Waals surface area contributed by atoms with E-state index < -0.39 is 27.9 Å². The maximum absolute atomic E-state index is 12.1. The monoisotopic (exact) mass is 373 g/mol. The van der Waals surface area contributed by atoms with Crippen LogP contribution in [-0.2, 0) is 9.84 Å². The third-order valence-electron chi connectivity index (χ3n) is 3.20. The van der Waals surface area contributed by atoms with Gasteiger partial charge in [0.15, 0.2) is 9.84 Å². The molecule has 0 saturated heterocycles. The average Bonchev–Trinajstić information content (AvgIpc) is 2.54. The number of carbonyl (C=O) groups excluding carboxylic acids is 1. The molecule has 1 amide bonds. The van der Waals surface area contributed by atoms with Gasteiger partial charge in [0.1, 0.15) is 5.75 Å². The smallest absolute Gasteiger partial charge is 0.406 e. The van der Waals surface area contributed by atoms with E-state index in [-0.39, 0.29) is 16.2 Å². The van der Waals surface area contributed by atoms with Gasteiger partial charge in [-0.15, -0.1) is 13.2 Å². The molecule has 0 aliphatic rings. The number of carbonyl (C=O) groups is 1. The second kappa shape index (κ2) is 7.14. The third kappa shape index (κ3) is 5.21. The summed E-state index contributed by atoms with van der Waals surface area (Å²) in [5.41, 5.74) is 0.482. The standard InChI is InChI=1S/C16H14F3NO4S/c1-2-25(22,23)14-9-5-12(6-10-14)20-15(21)11-3-7-13(8-4-11)24-16(17,18)19/h3-10H,2H2,1H3,(H,20,21). The third-order valence-corrected chi connectivity index (χ3v) is 4.95. The number of sulfone groups is 1. The quantitative estimate of drug-likeness (QED) is 0.869. The molecule has 0 aliphatic heterocycles. The molecule has 5 nitrogen and oxygen atoms in total. The van der Waals surface area contributed by atoms with E-state index in [1.807, 2.05) is 0 Å². The number of anilines is 1. The van der Waals surface area contributed by atoms with Crippen LogP contribution in [0.15, 0.2) is 53.4 Å². The number of amides is 1. The molecule has 2 aromatic rings. The Labute approximate surface area is 142 Å². The van der Waals surface area contributed by atoms with Gasteiger partial charge in [-0.25, -0.2) is 8.42 Å². The van der Waals surface area contributed by atoms with Gasteiger partial charge in [-0.3, -0.25) is 4.79 Å². The van der Waals surface area contributed by atoms with Crippen molar-refractivity contribution in [2.24, 2.45) is 0 Å². The molecule has 0 saturated carbocycles. The molecule has 0 aliphatic carbocycles. The minimum atomic E-state index is -4.80. The number of alkyl halides is 3. The number of hydrogen-bond donors (Lipinski definition) is 1. The fraction of sp³-hybridized carbons (Fsp3) is 0.188. The first-order chi connectivity index (χ1) is 11.6. The highest BCUT2D eigenvalue weighted by Gasteiger charge is 2.31. The van der Waals surface area contributed by atoms with Crippen LogP contribution in [0.1, 0.15) is 17.3 Å². The van der Waals surface area contributed by atoms with Gasteiger partial charge in [0.2, 0.25) is 0 Å². The highest BCUT2D eigenvalue weighted by molar-refractivity contribution is 7.91. The van der Waals surface area contributed by atoms with Crippen molar-refractivity contribution in [2.75, 3.05) is 11.1 Å². The van der Waals surface area contributed by atoms with Crippen molar-refractivity contribution < 1.29 is 31.1 Å². The van der Waals surface area contributed by atoms with Crippen LogP contribution in [0.4, 0.5) is 18.9 Å². The lowest BCUT2D eigenvalue weighted by atomic mass is 10.2. The highest BCUT2D eigenvalue weighted by atomic mass is 32.2. The van der Waals surface area contributed by atoms with Gasteiger partial charge >= 0.3 is 6.36 Å². The first kappa shape index (κ1) is 18.8. The van der Waals surface area contributed by atoms with Crippen molar-refractivity contribution in [3.8, 4) is 5.75 Å². The number of benzene rings is 2. The zero-order chi connectivity index (χ0) is 18.7. The van der Waals surface area contributed by atoms with Crippen LogP contribution in [0.3, 0.4) is 0 Å². The molecule has 1 N–H and O–H groups in total. The fourth-order valence-corrected chi connectivity index (χ4v) is 2.81. The summed E-state index contributed by atoms with van der Waals surface area (Å²) in [6.07, 6.45) is -4.80. The van der Waals surface area contributed by atoms with Gasteiger partial charge < -0.3 is 10.1 Å². The largest absolute Gasteiger partial charge is 0.573 e. The second-order valence-corrected chi connectivity index (χ2v) is 7.23. The van der Waals surface area contributed by atoms with Gasteiger partial charge in [0.05, 0.1) is 10.6 Å². The number of ether oxygens (including phenoxy) is 1. The van der Waals surface area contributed by atoms with Gasteiger partial charge in [-0.1, -0.05) is 6.92 Å². The maximum atomic E-state index is 12.1. The van der Waals surface area contributed by atoms with Crippen LogP contribution >= 0.6 is 0 Å². The molecule has 0 heterocycles. The zero-order valence-corrected chi connectivity index (χ0v) is 13.8. The van der Waals surface area contributed by atoms with Gasteiger partial charge in [0.25, 0.3) is 5.91 Å². The van der Waals surface area contributed by atoms with E-state index in [1.54, 1.807) is 0 Å². The molecule has 0 bridgehead atoms. The molecule has 0 unspecified atom stereocenters. The van der Waals surface area contributed by atoms with Crippen LogP contribution in [-0.4, -0.2) is 26.4 Å². The lowest BCUT2D eigenvalue weighted by Crippen LogP contribution is -2.17. The highest BCUT2D eigenvalue weighted by Crippen LogP contribution is 2.23. The van der Waals surface area contributed by atoms with E-state index >= 15 is 0 Å². The predicted octanol–water partition coefficient (Wildman–Crippen LogP) is 3.63. The number of hydrogen-bond acceptors (Lipinski definition) is 4. The molecular formula is C16H14F3NO4S. The predicted molar refractivity (Wildman–Crippen MR) is 85.2 cm³/mol. The molecule has 134 valence electrons. The first-order valence-electron chi connectivity index (χ1n) is 7.11. The van der Waals surface area contributed by atoms with Crippen LogP contribution in [0, 0.1) is 0 Å². The Kier molecular flexibility index (Phi) is 5.36. The van der Waals surface area contributed by atoms with Crippen molar-refractivity contribution in [1.29, 1.82) is 0 Å². The van der Waals surface area contributed by atoms with Crippen LogP contribution in [0.5, 0.6) is 5.75 Å². The van der Waals surface area contributed by atoms with E-state index in [1.165, 1.54) is 43.3 Å². The Morgan fingerprint density at radius 2 is 1.60 bits per heavy atom. The Morgan fingerprint density at radius 3 is 2.08 bits per heavy atom. The SMILES string of the molecule is CCS(=O)(=O)c1ccc(NC(=O)c2ccc(OC(F)(F)F)cc2)cc1. The Morgan fingerprint density at radius 1 is 1.04 bits per heavy atom. The van der Waals surface area contributed by atoms with Crippen molar-refractivity contribution in [1.82, 2.24) is 0 Å². The molecule has 2 aromatic carbocycles. The second-order valence-electron chi connectivity index (χ2n) is 4.95. The normalized spacial score (nSPS) is 11.8. The minimum absolute atomic E-state index is 0.0367. The summed E-state index contributed by atoms with van der Waals surface area (Å²) in [5, 5.41) is 2.53. The summed E-state index contributed by atoms with van der Waals surface area (Å²) in [6, 6.07) is 10.0. The summed E-state index contributed by atoms with van der Waals surface area (Å²) in [7, 11) is -3.33. The molecular weight excluding hydrogens is 359 g/mol. The minimum Gasteiger partial charge on any atom is -0.406 e. The van der Waals surface area contributed by atoms with E-state index in [0.29, 0.717) is 5.69 Å². The van der Waals surface area contributed by atoms with E-state index in [9.17, 15) is 26.4 Å². The summed E-state index contributed by atoms with van der Waals surface area (Å²) < 4.78 is 63.4. The summed E-state index contributed by atoms with van der Waals surface area (Å²) >= 11 is 0. The lowest BCUT2D eigenvalue weighted by Gasteiger charge is -2.10. The van der Waals surface area contributed by atoms with Crippen molar-refractivity contribution in [2.45, 2.75) is 18.2 Å². The van der Waals surface area contributed by atoms with E-state index in [4.69, 9.17) is 0 Å². The summed E-state index contributed by atoms with van der Waals surface area (Å²) in [4.78, 5) is 12.2. The Hall–Kier alpha value is -2.55. The van der Waals surface area contributed by atoms with Gasteiger partial charge in [0, 0.05) is 11.3 Å². The lowest BCUT2D eigenvalue weighted by molar-refractivity contribution is -0.274. The number of nitrogens with one attached hydrogen (secondary N) is 1. The molecule has 0 spiro atoms. The van der Waals surface area contributed by atoms with Gasteiger partial charge in [-0.2, -0.15) is 0 Å². The summed E-state index contributed by atoms with van der Waals surface area (Å²) in [6.45, 7) is 1.52. The van der Waals surface area contributed by atoms with Crippen molar-refractivity contribution >= 4 is 21.4 Å². The van der Waals surface area contributed by atoms with E-state index in [2.05, 4.69) is 10.1 Å². The number of rotatable bonds is 5. The van der Waals surface area contributed by atoms with Crippen LogP contribution in [0.2, 0.25) is 0 Å². The summed E-state index contributed by atoms with van der Waals surface area (Å²) in [5.74, 6) is -1.02.